The number of rotatable bonds is 9. The van der Waals surface area contributed by atoms with Crippen LogP contribution in [0.5, 0.6) is 0 Å². The summed E-state index contributed by atoms with van der Waals surface area (Å²) in [6.45, 7) is 7.73. The second kappa shape index (κ2) is 9.14. The highest BCUT2D eigenvalue weighted by atomic mass is 35.5. The molecule has 0 aliphatic carbocycles. The van der Waals surface area contributed by atoms with Crippen LogP contribution in [-0.2, 0) is 0 Å². The minimum absolute atomic E-state index is 0.328. The Morgan fingerprint density at radius 2 is 1.74 bits per heavy atom. The summed E-state index contributed by atoms with van der Waals surface area (Å²) >= 11 is 5.95. The van der Waals surface area contributed by atoms with Gasteiger partial charge in [0.15, 0.2) is 0 Å². The van der Waals surface area contributed by atoms with E-state index < -0.39 is 0 Å². The van der Waals surface area contributed by atoms with Crippen molar-refractivity contribution in [2.75, 3.05) is 6.54 Å². The number of furan rings is 1. The minimum Gasteiger partial charge on any atom is -0.469 e. The van der Waals surface area contributed by atoms with E-state index in [-0.39, 0.29) is 0 Å². The van der Waals surface area contributed by atoms with Crippen molar-refractivity contribution in [3.05, 3.63) is 59.0 Å². The first-order valence-corrected chi connectivity index (χ1v) is 8.96. The van der Waals surface area contributed by atoms with E-state index in [1.54, 1.807) is 6.26 Å². The third-order valence-electron chi connectivity index (χ3n) is 4.35. The van der Waals surface area contributed by atoms with Crippen LogP contribution in [0.2, 0.25) is 5.02 Å². The molecule has 1 N–H and O–H groups in total. The topological polar surface area (TPSA) is 25.2 Å². The SMILES string of the molecule is CC(C)CCC(CCNC(C)c1ccc(Cl)cc1)c1ccco1. The molecule has 2 rings (SSSR count). The van der Waals surface area contributed by atoms with Crippen LogP contribution < -0.4 is 5.32 Å². The monoisotopic (exact) mass is 333 g/mol. The van der Waals surface area contributed by atoms with Gasteiger partial charge in [0, 0.05) is 17.0 Å². The number of halogens is 1. The van der Waals surface area contributed by atoms with Gasteiger partial charge in [-0.1, -0.05) is 44.0 Å². The maximum absolute atomic E-state index is 5.95. The molecular formula is C20H28ClNO. The standard InChI is InChI=1S/C20H28ClNO/c1-15(2)6-7-18(20-5-4-14-23-20)12-13-22-16(3)17-8-10-19(21)11-9-17/h4-5,8-11,14-16,18,22H,6-7,12-13H2,1-3H3. The van der Waals surface area contributed by atoms with E-state index in [1.807, 2.05) is 18.2 Å². The predicted molar refractivity (Wildman–Crippen MR) is 98.0 cm³/mol. The summed E-state index contributed by atoms with van der Waals surface area (Å²) in [5.74, 6) is 2.34. The maximum atomic E-state index is 5.95. The molecule has 23 heavy (non-hydrogen) atoms. The van der Waals surface area contributed by atoms with Gasteiger partial charge in [0.05, 0.1) is 6.26 Å². The quantitative estimate of drug-likeness (QED) is 0.591. The highest BCUT2D eigenvalue weighted by Gasteiger charge is 2.15. The lowest BCUT2D eigenvalue weighted by Gasteiger charge is -2.19. The Bertz CT molecular complexity index is 548. The molecule has 126 valence electrons. The van der Waals surface area contributed by atoms with Crippen LogP contribution in [0.3, 0.4) is 0 Å². The van der Waals surface area contributed by atoms with E-state index in [9.17, 15) is 0 Å². The van der Waals surface area contributed by atoms with Gasteiger partial charge in [-0.25, -0.2) is 0 Å². The molecule has 2 atom stereocenters. The summed E-state index contributed by atoms with van der Waals surface area (Å²) in [6.07, 6.45) is 5.29. The van der Waals surface area contributed by atoms with Crippen molar-refractivity contribution >= 4 is 11.6 Å². The molecule has 1 heterocycles. The summed E-state index contributed by atoms with van der Waals surface area (Å²) in [5, 5.41) is 4.40. The smallest absolute Gasteiger partial charge is 0.106 e. The van der Waals surface area contributed by atoms with Gasteiger partial charge >= 0.3 is 0 Å². The van der Waals surface area contributed by atoms with Crippen LogP contribution >= 0.6 is 11.6 Å². The Morgan fingerprint density at radius 1 is 1.00 bits per heavy atom. The summed E-state index contributed by atoms with van der Waals surface area (Å²) in [4.78, 5) is 0. The molecule has 2 nitrogen and oxygen atoms in total. The molecule has 0 spiro atoms. The zero-order chi connectivity index (χ0) is 16.7. The summed E-state index contributed by atoms with van der Waals surface area (Å²) in [6, 6.07) is 12.5. The number of nitrogens with one attached hydrogen (secondary N) is 1. The maximum Gasteiger partial charge on any atom is 0.106 e. The van der Waals surface area contributed by atoms with E-state index in [0.717, 1.165) is 29.7 Å². The van der Waals surface area contributed by atoms with Crippen molar-refractivity contribution in [1.82, 2.24) is 5.32 Å². The summed E-state index contributed by atoms with van der Waals surface area (Å²) in [5.41, 5.74) is 1.27. The van der Waals surface area contributed by atoms with Gasteiger partial charge in [-0.15, -0.1) is 0 Å². The Hall–Kier alpha value is -1.25. The minimum atomic E-state index is 0.328. The Morgan fingerprint density at radius 3 is 2.35 bits per heavy atom. The van der Waals surface area contributed by atoms with E-state index in [0.29, 0.717) is 12.0 Å². The van der Waals surface area contributed by atoms with Gasteiger partial charge in [-0.05, 0) is 62.1 Å². The Labute approximate surface area is 145 Å². The fourth-order valence-corrected chi connectivity index (χ4v) is 2.96. The lowest BCUT2D eigenvalue weighted by Crippen LogP contribution is -2.21. The van der Waals surface area contributed by atoms with E-state index in [2.05, 4.69) is 44.3 Å². The first-order chi connectivity index (χ1) is 11.1. The van der Waals surface area contributed by atoms with Gasteiger partial charge < -0.3 is 9.73 Å². The highest BCUT2D eigenvalue weighted by molar-refractivity contribution is 6.30. The van der Waals surface area contributed by atoms with E-state index in [1.165, 1.54) is 18.4 Å². The molecule has 2 unspecified atom stereocenters. The number of hydrogen-bond acceptors (Lipinski definition) is 2. The molecule has 0 saturated heterocycles. The van der Waals surface area contributed by atoms with Gasteiger partial charge in [-0.3, -0.25) is 0 Å². The zero-order valence-electron chi connectivity index (χ0n) is 14.4. The lowest BCUT2D eigenvalue weighted by atomic mass is 9.93. The van der Waals surface area contributed by atoms with Crippen LogP contribution in [0.1, 0.15) is 63.3 Å². The van der Waals surface area contributed by atoms with E-state index >= 15 is 0 Å². The Kier molecular flexibility index (Phi) is 7.19. The van der Waals surface area contributed by atoms with Gasteiger partial charge in [0.1, 0.15) is 5.76 Å². The van der Waals surface area contributed by atoms with Crippen LogP contribution in [0.15, 0.2) is 47.1 Å². The van der Waals surface area contributed by atoms with Crippen molar-refractivity contribution in [2.45, 2.75) is 52.0 Å². The van der Waals surface area contributed by atoms with Gasteiger partial charge in [0.2, 0.25) is 0 Å². The third kappa shape index (κ3) is 6.04. The predicted octanol–water partition coefficient (Wildman–Crippen LogP) is 6.19. The van der Waals surface area contributed by atoms with Crippen LogP contribution in [0.4, 0.5) is 0 Å². The first-order valence-electron chi connectivity index (χ1n) is 8.58. The molecule has 0 radical (unpaired) electrons. The lowest BCUT2D eigenvalue weighted by molar-refractivity contribution is 0.392. The summed E-state index contributed by atoms with van der Waals surface area (Å²) < 4.78 is 5.64. The van der Waals surface area contributed by atoms with Crippen molar-refractivity contribution in [2.24, 2.45) is 5.92 Å². The fourth-order valence-electron chi connectivity index (χ4n) is 2.83. The molecule has 3 heteroatoms. The highest BCUT2D eigenvalue weighted by Crippen LogP contribution is 2.27. The second-order valence-corrected chi connectivity index (χ2v) is 7.14. The molecule has 0 saturated carbocycles. The molecule has 1 aromatic carbocycles. The third-order valence-corrected chi connectivity index (χ3v) is 4.60. The molecule has 1 aromatic heterocycles. The number of hydrogen-bond donors (Lipinski definition) is 1. The van der Waals surface area contributed by atoms with Crippen molar-refractivity contribution in [3.8, 4) is 0 Å². The molecule has 0 bridgehead atoms. The van der Waals surface area contributed by atoms with Crippen molar-refractivity contribution in [3.63, 3.8) is 0 Å². The van der Waals surface area contributed by atoms with Gasteiger partial charge in [-0.2, -0.15) is 0 Å². The van der Waals surface area contributed by atoms with Gasteiger partial charge in [0.25, 0.3) is 0 Å². The molecule has 0 aliphatic heterocycles. The molecule has 0 fully saturated rings. The normalized spacial score (nSPS) is 14.1. The van der Waals surface area contributed by atoms with E-state index in [4.69, 9.17) is 16.0 Å². The zero-order valence-corrected chi connectivity index (χ0v) is 15.1. The average Bonchev–Trinajstić information content (AvgIpc) is 3.05. The fraction of sp³-hybridized carbons (Fsp3) is 0.500. The Balaban J connectivity index is 1.84. The number of benzene rings is 1. The second-order valence-electron chi connectivity index (χ2n) is 6.70. The molecule has 0 aliphatic rings. The molecule has 2 aromatic rings. The van der Waals surface area contributed by atoms with Crippen LogP contribution in [-0.4, -0.2) is 6.54 Å². The average molecular weight is 334 g/mol. The van der Waals surface area contributed by atoms with Crippen molar-refractivity contribution < 1.29 is 4.42 Å². The molecule has 0 amide bonds. The van der Waals surface area contributed by atoms with Crippen molar-refractivity contribution in [1.29, 1.82) is 0 Å². The largest absolute Gasteiger partial charge is 0.469 e. The molecular weight excluding hydrogens is 306 g/mol. The van der Waals surface area contributed by atoms with Crippen LogP contribution in [0.25, 0.3) is 0 Å². The van der Waals surface area contributed by atoms with Crippen LogP contribution in [0, 0.1) is 5.92 Å². The first kappa shape index (κ1) is 18.1. The summed E-state index contributed by atoms with van der Waals surface area (Å²) in [7, 11) is 0.